The van der Waals surface area contributed by atoms with Crippen molar-refractivity contribution in [3.63, 3.8) is 0 Å². The van der Waals surface area contributed by atoms with Crippen LogP contribution in [0.25, 0.3) is 0 Å². The van der Waals surface area contributed by atoms with Crippen molar-refractivity contribution in [1.82, 2.24) is 4.98 Å². The Kier molecular flexibility index (Phi) is 2.32. The Bertz CT molecular complexity index is 309. The van der Waals surface area contributed by atoms with Gasteiger partial charge in [0.2, 0.25) is 0 Å². The molecule has 0 radical (unpaired) electrons. The fourth-order valence-electron chi connectivity index (χ4n) is 2.07. The molecule has 1 aliphatic carbocycles. The van der Waals surface area contributed by atoms with Crippen LogP contribution in [0, 0.1) is 0 Å². The van der Waals surface area contributed by atoms with Gasteiger partial charge in [0.15, 0.2) is 0 Å². The topological polar surface area (TPSA) is 33.1 Å². The number of fused-ring (bicyclic) bond motifs is 1. The molecule has 0 fully saturated rings. The van der Waals surface area contributed by atoms with Crippen molar-refractivity contribution in [2.24, 2.45) is 0 Å². The molecule has 1 N–H and O–H groups in total. The number of hydrogen-bond acceptors (Lipinski definition) is 2. The molecule has 2 nitrogen and oxygen atoms in total. The standard InChI is InChI=1S/C11H15NO/c1-2-8-6-7-12-11-9(8)4-3-5-10(11)13/h6-7,10,13H,2-5H2,1H3. The molecule has 0 amide bonds. The molecule has 1 aliphatic rings. The number of rotatable bonds is 1. The van der Waals surface area contributed by atoms with Gasteiger partial charge in [-0.3, -0.25) is 4.98 Å². The zero-order valence-electron chi connectivity index (χ0n) is 7.95. The van der Waals surface area contributed by atoms with E-state index >= 15 is 0 Å². The summed E-state index contributed by atoms with van der Waals surface area (Å²) < 4.78 is 0. The van der Waals surface area contributed by atoms with Crippen LogP contribution in [-0.4, -0.2) is 10.1 Å². The Morgan fingerprint density at radius 2 is 2.46 bits per heavy atom. The second-order valence-corrected chi connectivity index (χ2v) is 3.60. The van der Waals surface area contributed by atoms with Crippen LogP contribution in [0.3, 0.4) is 0 Å². The summed E-state index contributed by atoms with van der Waals surface area (Å²) in [7, 11) is 0. The number of nitrogens with zero attached hydrogens (tertiary/aromatic N) is 1. The van der Waals surface area contributed by atoms with Crippen LogP contribution in [0.2, 0.25) is 0 Å². The molecule has 0 saturated heterocycles. The average molecular weight is 177 g/mol. The lowest BCUT2D eigenvalue weighted by molar-refractivity contribution is 0.151. The van der Waals surface area contributed by atoms with Crippen molar-refractivity contribution in [3.8, 4) is 0 Å². The first-order chi connectivity index (χ1) is 6.33. The van der Waals surface area contributed by atoms with E-state index in [0.717, 1.165) is 31.4 Å². The van der Waals surface area contributed by atoms with Crippen LogP contribution in [-0.2, 0) is 12.8 Å². The molecule has 1 aromatic heterocycles. The Labute approximate surface area is 78.6 Å². The summed E-state index contributed by atoms with van der Waals surface area (Å²) in [5, 5.41) is 9.72. The molecule has 1 heterocycles. The molecular weight excluding hydrogens is 162 g/mol. The molecule has 0 aromatic carbocycles. The van der Waals surface area contributed by atoms with Gasteiger partial charge >= 0.3 is 0 Å². The van der Waals surface area contributed by atoms with Crippen molar-refractivity contribution in [3.05, 3.63) is 29.1 Å². The Morgan fingerprint density at radius 3 is 3.23 bits per heavy atom. The van der Waals surface area contributed by atoms with Crippen molar-refractivity contribution in [1.29, 1.82) is 0 Å². The molecule has 1 unspecified atom stereocenters. The predicted octanol–water partition coefficient (Wildman–Crippen LogP) is 2.01. The number of hydrogen-bond donors (Lipinski definition) is 1. The minimum Gasteiger partial charge on any atom is -0.387 e. The lowest BCUT2D eigenvalue weighted by atomic mass is 9.90. The SMILES string of the molecule is CCc1ccnc2c1CCCC2O. The van der Waals surface area contributed by atoms with E-state index in [1.807, 2.05) is 6.20 Å². The van der Waals surface area contributed by atoms with E-state index < -0.39 is 0 Å². The lowest BCUT2D eigenvalue weighted by Gasteiger charge is -2.22. The fourth-order valence-corrected chi connectivity index (χ4v) is 2.07. The minimum absolute atomic E-state index is 0.324. The van der Waals surface area contributed by atoms with Crippen molar-refractivity contribution in [2.75, 3.05) is 0 Å². The summed E-state index contributed by atoms with van der Waals surface area (Å²) in [6.45, 7) is 2.15. The highest BCUT2D eigenvalue weighted by Gasteiger charge is 2.20. The Morgan fingerprint density at radius 1 is 1.62 bits per heavy atom. The normalized spacial score (nSPS) is 21.2. The molecule has 13 heavy (non-hydrogen) atoms. The van der Waals surface area contributed by atoms with Gasteiger partial charge in [-0.2, -0.15) is 0 Å². The third kappa shape index (κ3) is 1.46. The van der Waals surface area contributed by atoms with Gasteiger partial charge in [0.25, 0.3) is 0 Å². The highest BCUT2D eigenvalue weighted by molar-refractivity contribution is 5.33. The first-order valence-electron chi connectivity index (χ1n) is 4.97. The van der Waals surface area contributed by atoms with Gasteiger partial charge in [-0.1, -0.05) is 6.92 Å². The Balaban J connectivity index is 2.48. The van der Waals surface area contributed by atoms with Crippen molar-refractivity contribution in [2.45, 2.75) is 38.7 Å². The molecule has 70 valence electrons. The second kappa shape index (κ2) is 3.46. The smallest absolute Gasteiger partial charge is 0.0962 e. The molecule has 0 saturated carbocycles. The zero-order chi connectivity index (χ0) is 9.26. The largest absolute Gasteiger partial charge is 0.387 e. The van der Waals surface area contributed by atoms with Crippen LogP contribution in [0.4, 0.5) is 0 Å². The molecule has 0 spiro atoms. The van der Waals surface area contributed by atoms with E-state index in [1.165, 1.54) is 11.1 Å². The monoisotopic (exact) mass is 177 g/mol. The molecule has 0 aliphatic heterocycles. The summed E-state index contributed by atoms with van der Waals surface area (Å²) in [4.78, 5) is 4.26. The lowest BCUT2D eigenvalue weighted by Crippen LogP contribution is -2.13. The van der Waals surface area contributed by atoms with E-state index in [4.69, 9.17) is 0 Å². The quantitative estimate of drug-likeness (QED) is 0.711. The number of aryl methyl sites for hydroxylation is 1. The maximum atomic E-state index is 9.72. The van der Waals surface area contributed by atoms with Gasteiger partial charge in [0, 0.05) is 6.20 Å². The van der Waals surface area contributed by atoms with E-state index in [2.05, 4.69) is 18.0 Å². The van der Waals surface area contributed by atoms with Gasteiger partial charge < -0.3 is 5.11 Å². The average Bonchev–Trinajstić information content (AvgIpc) is 2.18. The van der Waals surface area contributed by atoms with Gasteiger partial charge in [0.05, 0.1) is 11.8 Å². The molecule has 2 heteroatoms. The van der Waals surface area contributed by atoms with E-state index in [9.17, 15) is 5.11 Å². The summed E-state index contributed by atoms with van der Waals surface area (Å²) in [6.07, 6.45) is 5.57. The van der Waals surface area contributed by atoms with Crippen molar-refractivity contribution < 1.29 is 5.11 Å². The molecule has 0 bridgehead atoms. The summed E-state index contributed by atoms with van der Waals surface area (Å²) >= 11 is 0. The summed E-state index contributed by atoms with van der Waals surface area (Å²) in [5.74, 6) is 0. The van der Waals surface area contributed by atoms with Gasteiger partial charge in [-0.25, -0.2) is 0 Å². The molecular formula is C11H15NO. The summed E-state index contributed by atoms with van der Waals surface area (Å²) in [6, 6.07) is 2.07. The maximum absolute atomic E-state index is 9.72. The number of pyridine rings is 1. The fraction of sp³-hybridized carbons (Fsp3) is 0.545. The highest BCUT2D eigenvalue weighted by atomic mass is 16.3. The third-order valence-electron chi connectivity index (χ3n) is 2.79. The van der Waals surface area contributed by atoms with Crippen LogP contribution in [0.1, 0.15) is 42.7 Å². The molecule has 2 rings (SSSR count). The van der Waals surface area contributed by atoms with Gasteiger partial charge in [-0.05, 0) is 42.9 Å². The first-order valence-corrected chi connectivity index (χ1v) is 4.97. The maximum Gasteiger partial charge on any atom is 0.0962 e. The predicted molar refractivity (Wildman–Crippen MR) is 51.5 cm³/mol. The Hall–Kier alpha value is -0.890. The van der Waals surface area contributed by atoms with E-state index in [0.29, 0.717) is 0 Å². The zero-order valence-corrected chi connectivity index (χ0v) is 7.95. The first kappa shape index (κ1) is 8.70. The van der Waals surface area contributed by atoms with Crippen LogP contribution in [0.5, 0.6) is 0 Å². The second-order valence-electron chi connectivity index (χ2n) is 3.60. The molecule has 1 aromatic rings. The van der Waals surface area contributed by atoms with Gasteiger partial charge in [-0.15, -0.1) is 0 Å². The van der Waals surface area contributed by atoms with Crippen LogP contribution < -0.4 is 0 Å². The van der Waals surface area contributed by atoms with Crippen molar-refractivity contribution >= 4 is 0 Å². The van der Waals surface area contributed by atoms with Crippen LogP contribution in [0.15, 0.2) is 12.3 Å². The minimum atomic E-state index is -0.324. The summed E-state index contributed by atoms with van der Waals surface area (Å²) in [5.41, 5.74) is 3.57. The van der Waals surface area contributed by atoms with Crippen LogP contribution >= 0.6 is 0 Å². The molecule has 1 atom stereocenters. The number of aromatic nitrogens is 1. The highest BCUT2D eigenvalue weighted by Crippen LogP contribution is 2.29. The van der Waals surface area contributed by atoms with Gasteiger partial charge in [0.1, 0.15) is 0 Å². The van der Waals surface area contributed by atoms with E-state index in [1.54, 1.807) is 0 Å². The number of aliphatic hydroxyl groups excluding tert-OH is 1. The third-order valence-corrected chi connectivity index (χ3v) is 2.79. The number of aliphatic hydroxyl groups is 1. The van der Waals surface area contributed by atoms with E-state index in [-0.39, 0.29) is 6.10 Å².